The number of rotatable bonds is 12. The minimum Gasteiger partial charge on any atom is -0.493 e. The molecule has 0 unspecified atom stereocenters. The van der Waals surface area contributed by atoms with Crippen molar-refractivity contribution in [2.45, 2.75) is 82.6 Å². The van der Waals surface area contributed by atoms with Crippen LogP contribution in [0.5, 0.6) is 5.75 Å². The molecule has 0 aliphatic heterocycles. The van der Waals surface area contributed by atoms with Crippen LogP contribution in [0.1, 0.15) is 81.3 Å². The van der Waals surface area contributed by atoms with Crippen molar-refractivity contribution in [1.82, 2.24) is 23.9 Å². The summed E-state index contributed by atoms with van der Waals surface area (Å²) in [6.45, 7) is 4.45. The summed E-state index contributed by atoms with van der Waals surface area (Å²) in [5.41, 5.74) is 1.94. The second-order valence-electron chi connectivity index (χ2n) is 11.2. The Kier molecular flexibility index (Phi) is 9.94. The molecule has 1 aliphatic carbocycles. The molecule has 0 radical (unpaired) electrons. The van der Waals surface area contributed by atoms with Crippen LogP contribution in [0.25, 0.3) is 16.9 Å². The average molecular weight is 608 g/mol. The van der Waals surface area contributed by atoms with Gasteiger partial charge in [-0.3, -0.25) is 4.79 Å². The van der Waals surface area contributed by atoms with Gasteiger partial charge in [-0.2, -0.15) is 4.31 Å². The number of imidazole rings is 1. The number of hydrogen-bond acceptors (Lipinski definition) is 7. The van der Waals surface area contributed by atoms with E-state index in [1.165, 1.54) is 29.3 Å². The summed E-state index contributed by atoms with van der Waals surface area (Å²) in [6, 6.07) is 14.1. The number of aromatic amines is 1. The zero-order chi connectivity index (χ0) is 30.4. The first-order chi connectivity index (χ1) is 20.8. The molecule has 0 spiro atoms. The molecule has 230 valence electrons. The predicted octanol–water partition coefficient (Wildman–Crippen LogP) is 5.19. The van der Waals surface area contributed by atoms with Crippen molar-refractivity contribution in [1.29, 1.82) is 0 Å². The molecule has 5 rings (SSSR count). The maximum Gasteiger partial charge on any atom is 0.277 e. The molecule has 11 heteroatoms. The van der Waals surface area contributed by atoms with Gasteiger partial charge in [0, 0.05) is 25.6 Å². The second-order valence-corrected chi connectivity index (χ2v) is 13.1. The van der Waals surface area contributed by atoms with Gasteiger partial charge in [0.05, 0.1) is 22.8 Å². The molecule has 43 heavy (non-hydrogen) atoms. The molecule has 4 aromatic rings. The highest BCUT2D eigenvalue weighted by Crippen LogP contribution is 2.34. The molecule has 2 heterocycles. The number of aliphatic hydroxyl groups is 1. The quantitative estimate of drug-likeness (QED) is 0.167. The van der Waals surface area contributed by atoms with Crippen LogP contribution in [-0.4, -0.2) is 57.2 Å². The third kappa shape index (κ3) is 6.84. The summed E-state index contributed by atoms with van der Waals surface area (Å²) in [4.78, 5) is 21.2. The topological polar surface area (TPSA) is 130 Å². The van der Waals surface area contributed by atoms with Crippen LogP contribution in [-0.2, 0) is 16.6 Å². The van der Waals surface area contributed by atoms with Gasteiger partial charge in [0.15, 0.2) is 11.3 Å². The first kappa shape index (κ1) is 30.9. The highest BCUT2D eigenvalue weighted by Gasteiger charge is 2.28. The number of sulfonamides is 1. The van der Waals surface area contributed by atoms with Crippen molar-refractivity contribution in [3.8, 4) is 17.1 Å². The Morgan fingerprint density at radius 2 is 1.81 bits per heavy atom. The Morgan fingerprint density at radius 1 is 1.07 bits per heavy atom. The molecule has 2 aromatic carbocycles. The number of aliphatic hydroxyl groups excluding tert-OH is 1. The lowest BCUT2D eigenvalue weighted by molar-refractivity contribution is 0.275. The summed E-state index contributed by atoms with van der Waals surface area (Å²) in [5, 5.41) is 14.2. The van der Waals surface area contributed by atoms with Crippen molar-refractivity contribution in [2.75, 3.05) is 19.8 Å². The lowest BCUT2D eigenvalue weighted by atomic mass is 10.00. The van der Waals surface area contributed by atoms with E-state index in [0.717, 1.165) is 37.1 Å². The van der Waals surface area contributed by atoms with Gasteiger partial charge in [-0.25, -0.2) is 17.9 Å². The lowest BCUT2D eigenvalue weighted by Gasteiger charge is -2.23. The van der Waals surface area contributed by atoms with Crippen molar-refractivity contribution < 1.29 is 18.3 Å². The second kappa shape index (κ2) is 13.8. The lowest BCUT2D eigenvalue weighted by Crippen LogP contribution is -2.32. The smallest absolute Gasteiger partial charge is 0.277 e. The molecule has 2 aromatic heterocycles. The number of aryl methyl sites for hydroxylation is 1. The van der Waals surface area contributed by atoms with Crippen molar-refractivity contribution in [3.63, 3.8) is 0 Å². The average Bonchev–Trinajstić information content (AvgIpc) is 3.15. The summed E-state index contributed by atoms with van der Waals surface area (Å²) in [5.74, 6) is 1.63. The van der Waals surface area contributed by atoms with Crippen LogP contribution >= 0.6 is 0 Å². The van der Waals surface area contributed by atoms with E-state index in [9.17, 15) is 18.3 Å². The normalized spacial score (nSPS) is 14.8. The van der Waals surface area contributed by atoms with E-state index in [1.807, 2.05) is 44.2 Å². The van der Waals surface area contributed by atoms with Gasteiger partial charge in [0.25, 0.3) is 5.56 Å². The minimum atomic E-state index is -3.96. The molecule has 0 bridgehead atoms. The van der Waals surface area contributed by atoms with Crippen molar-refractivity contribution >= 4 is 15.5 Å². The van der Waals surface area contributed by atoms with E-state index in [-0.39, 0.29) is 41.9 Å². The molecule has 0 saturated heterocycles. The van der Waals surface area contributed by atoms with E-state index in [2.05, 4.69) is 4.98 Å². The van der Waals surface area contributed by atoms with Crippen LogP contribution in [0.3, 0.4) is 0 Å². The van der Waals surface area contributed by atoms with Crippen molar-refractivity contribution in [3.05, 3.63) is 76.0 Å². The maximum absolute atomic E-state index is 14.1. The molecule has 0 amide bonds. The van der Waals surface area contributed by atoms with Gasteiger partial charge >= 0.3 is 0 Å². The van der Waals surface area contributed by atoms with Gasteiger partial charge in [-0.1, -0.05) is 56.0 Å². The molecular weight excluding hydrogens is 566 g/mol. The number of unbranched alkanes of at least 4 members (excludes halogenated alkanes) is 1. The van der Waals surface area contributed by atoms with E-state index >= 15 is 0 Å². The monoisotopic (exact) mass is 607 g/mol. The Morgan fingerprint density at radius 3 is 2.51 bits per heavy atom. The third-order valence-corrected chi connectivity index (χ3v) is 9.92. The van der Waals surface area contributed by atoms with Crippen LogP contribution in [0.15, 0.2) is 58.2 Å². The maximum atomic E-state index is 14.1. The van der Waals surface area contributed by atoms with E-state index in [0.29, 0.717) is 42.0 Å². The number of fused-ring (bicyclic) bond motifs is 1. The number of aromatic nitrogens is 4. The zero-order valence-electron chi connectivity index (χ0n) is 25.0. The summed E-state index contributed by atoms with van der Waals surface area (Å²) in [7, 11) is -3.96. The van der Waals surface area contributed by atoms with E-state index in [4.69, 9.17) is 14.8 Å². The molecular formula is C32H41N5O5S. The standard InChI is InChI=1S/C32H41N5O5S/c1-3-42-28-18-17-26(43(40,41)36(19-11-12-20-38)22-24-13-7-6-8-14-24)21-27(28)30-34-32(39)29-23(2)33-31(37(29)35-30)25-15-9-4-5-10-16-25/h6-8,13-14,17-18,21,25,38H,3-5,9-12,15-16,19-20,22H2,1-2H3,(H,34,35,39). The SMILES string of the molecule is CCOc1ccc(S(=O)(=O)N(CCCCO)Cc2ccccc2)cc1-c1nn2c(C3CCCCCC3)nc(C)c2c(=O)[nH]1. The number of nitrogens with one attached hydrogen (secondary N) is 1. The van der Waals surface area contributed by atoms with Gasteiger partial charge < -0.3 is 14.8 Å². The number of benzene rings is 2. The highest BCUT2D eigenvalue weighted by molar-refractivity contribution is 7.89. The Bertz CT molecular complexity index is 1690. The predicted molar refractivity (Wildman–Crippen MR) is 166 cm³/mol. The molecule has 1 fully saturated rings. The Hall–Kier alpha value is -3.54. The Labute approximate surface area is 252 Å². The van der Waals surface area contributed by atoms with Gasteiger partial charge in [0.2, 0.25) is 10.0 Å². The first-order valence-electron chi connectivity index (χ1n) is 15.2. The highest BCUT2D eigenvalue weighted by atomic mass is 32.2. The van der Waals surface area contributed by atoms with Gasteiger partial charge in [-0.05, 0) is 63.3 Å². The van der Waals surface area contributed by atoms with Gasteiger partial charge in [-0.15, -0.1) is 5.10 Å². The van der Waals surface area contributed by atoms with E-state index < -0.39 is 10.0 Å². The molecule has 10 nitrogen and oxygen atoms in total. The third-order valence-electron chi connectivity index (χ3n) is 8.08. The number of H-pyrrole nitrogens is 1. The van der Waals surface area contributed by atoms with Crippen LogP contribution in [0.2, 0.25) is 0 Å². The fraction of sp³-hybridized carbons (Fsp3) is 0.469. The first-order valence-corrected chi connectivity index (χ1v) is 16.7. The summed E-state index contributed by atoms with van der Waals surface area (Å²) in [6.07, 6.45) is 7.61. The minimum absolute atomic E-state index is 0.00942. The van der Waals surface area contributed by atoms with Crippen molar-refractivity contribution in [2.24, 2.45) is 0 Å². The van der Waals surface area contributed by atoms with Gasteiger partial charge in [0.1, 0.15) is 11.6 Å². The fourth-order valence-electron chi connectivity index (χ4n) is 5.87. The zero-order valence-corrected chi connectivity index (χ0v) is 25.8. The summed E-state index contributed by atoms with van der Waals surface area (Å²) >= 11 is 0. The van der Waals surface area contributed by atoms with Crippen LogP contribution < -0.4 is 10.3 Å². The molecule has 1 aliphatic rings. The van der Waals surface area contributed by atoms with Crippen LogP contribution in [0.4, 0.5) is 0 Å². The number of ether oxygens (including phenoxy) is 1. The number of nitrogens with zero attached hydrogens (tertiary/aromatic N) is 4. The number of hydrogen-bond donors (Lipinski definition) is 2. The Balaban J connectivity index is 1.60. The van der Waals surface area contributed by atoms with E-state index in [1.54, 1.807) is 10.6 Å². The largest absolute Gasteiger partial charge is 0.493 e. The molecule has 1 saturated carbocycles. The fourth-order valence-corrected chi connectivity index (χ4v) is 7.37. The molecule has 2 N–H and O–H groups in total. The summed E-state index contributed by atoms with van der Waals surface area (Å²) < 4.78 is 37.1. The molecule has 0 atom stereocenters. The van der Waals surface area contributed by atoms with Crippen LogP contribution in [0, 0.1) is 6.92 Å².